The van der Waals surface area contributed by atoms with E-state index < -0.39 is 10.5 Å². The van der Waals surface area contributed by atoms with Gasteiger partial charge in [0.25, 0.3) is 5.69 Å². The zero-order valence-electron chi connectivity index (χ0n) is 12.3. The minimum absolute atomic E-state index is 0.0454. The molecule has 2 rings (SSSR count). The molecule has 1 saturated carbocycles. The fourth-order valence-electron chi connectivity index (χ4n) is 2.79. The van der Waals surface area contributed by atoms with E-state index in [9.17, 15) is 15.2 Å². The third-order valence-corrected chi connectivity index (χ3v) is 3.99. The van der Waals surface area contributed by atoms with Crippen molar-refractivity contribution in [3.05, 3.63) is 33.9 Å². The van der Waals surface area contributed by atoms with Crippen LogP contribution in [0.3, 0.4) is 0 Å². The van der Waals surface area contributed by atoms with Gasteiger partial charge in [0.15, 0.2) is 0 Å². The lowest BCUT2D eigenvalue weighted by Gasteiger charge is -2.32. The lowest BCUT2D eigenvalue weighted by Crippen LogP contribution is -2.38. The summed E-state index contributed by atoms with van der Waals surface area (Å²) in [5, 5.41) is 24.5. The number of nitro groups is 1. The minimum atomic E-state index is -0.676. The Morgan fingerprint density at radius 2 is 2.10 bits per heavy atom. The SMILES string of the molecule is COCc1cc([N+](=O)[O-])ccc1NCC1(O)CCCCC1. The van der Waals surface area contributed by atoms with Crippen LogP contribution < -0.4 is 5.32 Å². The second-order valence-corrected chi connectivity index (χ2v) is 5.67. The van der Waals surface area contributed by atoms with Gasteiger partial charge in [-0.15, -0.1) is 0 Å². The van der Waals surface area contributed by atoms with Gasteiger partial charge in [-0.3, -0.25) is 10.1 Å². The lowest BCUT2D eigenvalue weighted by molar-refractivity contribution is -0.384. The normalized spacial score (nSPS) is 17.4. The molecule has 0 aliphatic heterocycles. The first-order valence-corrected chi connectivity index (χ1v) is 7.27. The number of benzene rings is 1. The van der Waals surface area contributed by atoms with Gasteiger partial charge in [-0.25, -0.2) is 0 Å². The largest absolute Gasteiger partial charge is 0.388 e. The van der Waals surface area contributed by atoms with E-state index in [4.69, 9.17) is 4.74 Å². The molecule has 0 atom stereocenters. The van der Waals surface area contributed by atoms with Crippen LogP contribution in [0.1, 0.15) is 37.7 Å². The number of nitro benzene ring substituents is 1. The van der Waals surface area contributed by atoms with Crippen LogP contribution in [-0.2, 0) is 11.3 Å². The van der Waals surface area contributed by atoms with Crippen molar-refractivity contribution in [3.63, 3.8) is 0 Å². The molecule has 0 saturated heterocycles. The Hall–Kier alpha value is -1.66. The van der Waals surface area contributed by atoms with Crippen molar-refractivity contribution in [1.29, 1.82) is 0 Å². The van der Waals surface area contributed by atoms with Gasteiger partial charge in [0, 0.05) is 37.0 Å². The molecule has 0 spiro atoms. The van der Waals surface area contributed by atoms with Crippen LogP contribution in [0.15, 0.2) is 18.2 Å². The molecule has 0 amide bonds. The predicted molar refractivity (Wildman–Crippen MR) is 80.3 cm³/mol. The Bertz CT molecular complexity index is 498. The minimum Gasteiger partial charge on any atom is -0.388 e. The number of nitrogens with zero attached hydrogens (tertiary/aromatic N) is 1. The van der Waals surface area contributed by atoms with Crippen molar-refractivity contribution in [2.24, 2.45) is 0 Å². The van der Waals surface area contributed by atoms with Crippen molar-refractivity contribution in [1.82, 2.24) is 0 Å². The van der Waals surface area contributed by atoms with Crippen LogP contribution in [0.2, 0.25) is 0 Å². The molecule has 1 fully saturated rings. The molecule has 116 valence electrons. The van der Waals surface area contributed by atoms with E-state index in [1.165, 1.54) is 18.6 Å². The average Bonchev–Trinajstić information content (AvgIpc) is 2.47. The molecule has 21 heavy (non-hydrogen) atoms. The van der Waals surface area contributed by atoms with Crippen molar-refractivity contribution in [2.45, 2.75) is 44.3 Å². The number of methoxy groups -OCH3 is 1. The summed E-state index contributed by atoms with van der Waals surface area (Å²) in [6.07, 6.45) is 4.86. The van der Waals surface area contributed by atoms with Gasteiger partial charge in [-0.1, -0.05) is 19.3 Å². The number of non-ortho nitro benzene ring substituents is 1. The summed E-state index contributed by atoms with van der Waals surface area (Å²) in [5.41, 5.74) is 0.876. The van der Waals surface area contributed by atoms with Crippen LogP contribution in [0.5, 0.6) is 0 Å². The highest BCUT2D eigenvalue weighted by Crippen LogP contribution is 2.29. The van der Waals surface area contributed by atoms with Crippen LogP contribution in [0, 0.1) is 10.1 Å². The van der Waals surface area contributed by atoms with Gasteiger partial charge >= 0.3 is 0 Å². The number of ether oxygens (including phenoxy) is 1. The Morgan fingerprint density at radius 1 is 1.38 bits per heavy atom. The summed E-state index contributed by atoms with van der Waals surface area (Å²) in [6.45, 7) is 0.754. The molecule has 0 unspecified atom stereocenters. The molecule has 2 N–H and O–H groups in total. The van der Waals surface area contributed by atoms with E-state index in [0.29, 0.717) is 13.2 Å². The molecule has 0 radical (unpaired) electrons. The fraction of sp³-hybridized carbons (Fsp3) is 0.600. The lowest BCUT2D eigenvalue weighted by atomic mass is 9.85. The standard InChI is InChI=1S/C15H22N2O4/c1-21-10-12-9-13(17(19)20)5-6-14(12)16-11-15(18)7-3-2-4-8-15/h5-6,9,16,18H,2-4,7-8,10-11H2,1H3. The van der Waals surface area contributed by atoms with Gasteiger partial charge in [0.1, 0.15) is 0 Å². The summed E-state index contributed by atoms with van der Waals surface area (Å²) >= 11 is 0. The average molecular weight is 294 g/mol. The van der Waals surface area contributed by atoms with Crippen molar-refractivity contribution in [3.8, 4) is 0 Å². The first kappa shape index (κ1) is 15.7. The quantitative estimate of drug-likeness (QED) is 0.622. The van der Waals surface area contributed by atoms with E-state index in [-0.39, 0.29) is 5.69 Å². The molecular weight excluding hydrogens is 272 g/mol. The molecular formula is C15H22N2O4. The second kappa shape index (κ2) is 6.87. The molecule has 1 aromatic carbocycles. The Kier molecular flexibility index (Phi) is 5.14. The van der Waals surface area contributed by atoms with Gasteiger partial charge in [-0.2, -0.15) is 0 Å². The monoisotopic (exact) mass is 294 g/mol. The van der Waals surface area contributed by atoms with Gasteiger partial charge < -0.3 is 15.2 Å². The highest BCUT2D eigenvalue weighted by atomic mass is 16.6. The zero-order valence-corrected chi connectivity index (χ0v) is 12.3. The van der Waals surface area contributed by atoms with E-state index in [1.807, 2.05) is 0 Å². The Morgan fingerprint density at radius 3 is 2.71 bits per heavy atom. The Balaban J connectivity index is 2.09. The summed E-state index contributed by atoms with van der Waals surface area (Å²) in [7, 11) is 1.55. The van der Waals surface area contributed by atoms with E-state index in [0.717, 1.165) is 36.9 Å². The number of aliphatic hydroxyl groups is 1. The maximum atomic E-state index is 10.8. The topological polar surface area (TPSA) is 84.6 Å². The molecule has 1 aliphatic carbocycles. The first-order valence-electron chi connectivity index (χ1n) is 7.27. The van der Waals surface area contributed by atoms with Crippen molar-refractivity contribution >= 4 is 11.4 Å². The van der Waals surface area contributed by atoms with Crippen LogP contribution >= 0.6 is 0 Å². The smallest absolute Gasteiger partial charge is 0.269 e. The third-order valence-electron chi connectivity index (χ3n) is 3.99. The summed E-state index contributed by atoms with van der Waals surface area (Å²) in [4.78, 5) is 10.4. The number of rotatable bonds is 6. The van der Waals surface area contributed by atoms with E-state index >= 15 is 0 Å². The molecule has 0 bridgehead atoms. The second-order valence-electron chi connectivity index (χ2n) is 5.67. The van der Waals surface area contributed by atoms with Crippen molar-refractivity contribution in [2.75, 3.05) is 19.0 Å². The highest BCUT2D eigenvalue weighted by Gasteiger charge is 2.29. The number of anilines is 1. The third kappa shape index (κ3) is 4.15. The summed E-state index contributed by atoms with van der Waals surface area (Å²) in [5.74, 6) is 0. The Labute approximate surface area is 124 Å². The summed E-state index contributed by atoms with van der Waals surface area (Å²) < 4.78 is 5.10. The van der Waals surface area contributed by atoms with Crippen LogP contribution in [-0.4, -0.2) is 29.3 Å². The fourth-order valence-corrected chi connectivity index (χ4v) is 2.79. The van der Waals surface area contributed by atoms with E-state index in [1.54, 1.807) is 13.2 Å². The highest BCUT2D eigenvalue weighted by molar-refractivity contribution is 5.56. The first-order chi connectivity index (χ1) is 10.0. The zero-order chi connectivity index (χ0) is 15.3. The van der Waals surface area contributed by atoms with Crippen LogP contribution in [0.4, 0.5) is 11.4 Å². The molecule has 6 nitrogen and oxygen atoms in total. The number of hydrogen-bond donors (Lipinski definition) is 2. The molecule has 0 heterocycles. The molecule has 1 aliphatic rings. The molecule has 6 heteroatoms. The van der Waals surface area contributed by atoms with Gasteiger partial charge in [0.2, 0.25) is 0 Å². The van der Waals surface area contributed by atoms with Crippen LogP contribution in [0.25, 0.3) is 0 Å². The van der Waals surface area contributed by atoms with Gasteiger partial charge in [-0.05, 0) is 18.9 Å². The van der Waals surface area contributed by atoms with E-state index in [2.05, 4.69) is 5.32 Å². The maximum Gasteiger partial charge on any atom is 0.269 e. The predicted octanol–water partition coefficient (Wildman–Crippen LogP) is 2.85. The summed E-state index contributed by atoms with van der Waals surface area (Å²) in [6, 6.07) is 4.65. The number of nitrogens with one attached hydrogen (secondary N) is 1. The number of hydrogen-bond acceptors (Lipinski definition) is 5. The maximum absolute atomic E-state index is 10.8. The van der Waals surface area contributed by atoms with Crippen molar-refractivity contribution < 1.29 is 14.8 Å². The molecule has 1 aromatic rings. The van der Waals surface area contributed by atoms with Gasteiger partial charge in [0.05, 0.1) is 17.1 Å². The molecule has 0 aromatic heterocycles.